The molecule has 0 aliphatic rings. The molecular weight excluding hydrogens is 358 g/mol. The standard InChI is InChI=1S/C17H16ClN5O3/c1-11(23-15(17(25)26)6-7-19-23)16(24)21-14-4-2-12(3-5-14)9-22-10-13(18)8-20-22/h2-8,10-11H,9H2,1H3,(H,21,24)(H,25,26). The molecule has 0 aliphatic carbocycles. The van der Waals surface area contributed by atoms with Gasteiger partial charge in [0, 0.05) is 18.1 Å². The van der Waals surface area contributed by atoms with E-state index in [2.05, 4.69) is 15.5 Å². The number of hydrogen-bond acceptors (Lipinski definition) is 4. The number of rotatable bonds is 6. The monoisotopic (exact) mass is 373 g/mol. The molecule has 8 nitrogen and oxygen atoms in total. The van der Waals surface area contributed by atoms with E-state index >= 15 is 0 Å². The van der Waals surface area contributed by atoms with Crippen LogP contribution < -0.4 is 5.32 Å². The second kappa shape index (κ2) is 7.40. The number of halogens is 1. The van der Waals surface area contributed by atoms with Gasteiger partial charge in [-0.25, -0.2) is 9.48 Å². The predicted octanol–water partition coefficient (Wildman–Crippen LogP) is 2.68. The number of aromatic nitrogens is 4. The Morgan fingerprint density at radius 2 is 1.96 bits per heavy atom. The van der Waals surface area contributed by atoms with E-state index in [0.29, 0.717) is 17.3 Å². The van der Waals surface area contributed by atoms with Gasteiger partial charge in [-0.05, 0) is 30.7 Å². The first kappa shape index (κ1) is 17.7. The number of carbonyl (C=O) groups is 2. The van der Waals surface area contributed by atoms with Crippen molar-refractivity contribution < 1.29 is 14.7 Å². The molecule has 1 amide bonds. The largest absolute Gasteiger partial charge is 0.477 e. The van der Waals surface area contributed by atoms with E-state index in [1.807, 2.05) is 12.1 Å². The molecule has 1 unspecified atom stereocenters. The minimum Gasteiger partial charge on any atom is -0.477 e. The maximum absolute atomic E-state index is 12.4. The fraction of sp³-hybridized carbons (Fsp3) is 0.176. The zero-order chi connectivity index (χ0) is 18.7. The lowest BCUT2D eigenvalue weighted by atomic mass is 10.2. The summed E-state index contributed by atoms with van der Waals surface area (Å²) in [7, 11) is 0. The van der Waals surface area contributed by atoms with E-state index in [0.717, 1.165) is 5.56 Å². The number of amides is 1. The van der Waals surface area contributed by atoms with Crippen LogP contribution in [0.3, 0.4) is 0 Å². The first-order valence-electron chi connectivity index (χ1n) is 7.78. The first-order valence-corrected chi connectivity index (χ1v) is 8.16. The Morgan fingerprint density at radius 1 is 1.23 bits per heavy atom. The maximum Gasteiger partial charge on any atom is 0.354 e. The van der Waals surface area contributed by atoms with Gasteiger partial charge >= 0.3 is 5.97 Å². The van der Waals surface area contributed by atoms with Crippen LogP contribution in [0, 0.1) is 0 Å². The third-order valence-electron chi connectivity index (χ3n) is 3.80. The number of nitrogens with zero attached hydrogens (tertiary/aromatic N) is 4. The van der Waals surface area contributed by atoms with Crippen LogP contribution in [0.4, 0.5) is 5.69 Å². The number of benzene rings is 1. The number of aromatic carboxylic acids is 1. The average molecular weight is 374 g/mol. The van der Waals surface area contributed by atoms with E-state index in [1.165, 1.54) is 16.9 Å². The Morgan fingerprint density at radius 3 is 2.58 bits per heavy atom. The van der Waals surface area contributed by atoms with Crippen LogP contribution in [-0.4, -0.2) is 36.5 Å². The van der Waals surface area contributed by atoms with E-state index < -0.39 is 12.0 Å². The number of hydrogen-bond donors (Lipinski definition) is 2. The molecule has 3 aromatic rings. The Kier molecular flexibility index (Phi) is 5.04. The highest BCUT2D eigenvalue weighted by molar-refractivity contribution is 6.30. The van der Waals surface area contributed by atoms with Crippen LogP contribution in [0.1, 0.15) is 29.0 Å². The molecule has 0 spiro atoms. The Bertz CT molecular complexity index is 932. The maximum atomic E-state index is 12.4. The van der Waals surface area contributed by atoms with Crippen molar-refractivity contribution in [2.24, 2.45) is 0 Å². The summed E-state index contributed by atoms with van der Waals surface area (Å²) in [4.78, 5) is 23.5. The lowest BCUT2D eigenvalue weighted by molar-refractivity contribution is -0.119. The highest BCUT2D eigenvalue weighted by atomic mass is 35.5. The molecule has 0 saturated carbocycles. The fourth-order valence-electron chi connectivity index (χ4n) is 2.46. The van der Waals surface area contributed by atoms with Gasteiger partial charge in [-0.15, -0.1) is 0 Å². The van der Waals surface area contributed by atoms with Gasteiger partial charge in [-0.2, -0.15) is 10.2 Å². The van der Waals surface area contributed by atoms with E-state index in [4.69, 9.17) is 16.7 Å². The van der Waals surface area contributed by atoms with Crippen molar-refractivity contribution in [2.45, 2.75) is 19.5 Å². The van der Waals surface area contributed by atoms with Crippen molar-refractivity contribution in [3.8, 4) is 0 Å². The predicted molar refractivity (Wildman–Crippen MR) is 95.3 cm³/mol. The van der Waals surface area contributed by atoms with Gasteiger partial charge < -0.3 is 10.4 Å². The van der Waals surface area contributed by atoms with E-state index in [1.54, 1.807) is 36.1 Å². The first-order chi connectivity index (χ1) is 12.4. The van der Waals surface area contributed by atoms with Crippen molar-refractivity contribution in [1.82, 2.24) is 19.6 Å². The summed E-state index contributed by atoms with van der Waals surface area (Å²) in [5, 5.41) is 20.5. The zero-order valence-corrected chi connectivity index (χ0v) is 14.6. The molecule has 0 fully saturated rings. The minimum absolute atomic E-state index is 0.0409. The zero-order valence-electron chi connectivity index (χ0n) is 13.8. The Balaban J connectivity index is 1.65. The smallest absolute Gasteiger partial charge is 0.354 e. The molecule has 9 heteroatoms. The Hall–Kier alpha value is -3.13. The van der Waals surface area contributed by atoms with Crippen molar-refractivity contribution >= 4 is 29.2 Å². The van der Waals surface area contributed by atoms with Crippen LogP contribution in [0.15, 0.2) is 48.9 Å². The van der Waals surface area contributed by atoms with Gasteiger partial charge in [0.2, 0.25) is 5.91 Å². The van der Waals surface area contributed by atoms with Crippen LogP contribution in [0.2, 0.25) is 5.02 Å². The van der Waals surface area contributed by atoms with Crippen LogP contribution in [-0.2, 0) is 11.3 Å². The molecule has 1 atom stereocenters. The lowest BCUT2D eigenvalue weighted by Gasteiger charge is -2.14. The molecule has 3 rings (SSSR count). The SMILES string of the molecule is CC(C(=O)Nc1ccc(Cn2cc(Cl)cn2)cc1)n1nccc1C(=O)O. The third kappa shape index (κ3) is 3.92. The summed E-state index contributed by atoms with van der Waals surface area (Å²) < 4.78 is 2.89. The number of carboxylic acid groups (broad SMARTS) is 1. The highest BCUT2D eigenvalue weighted by Gasteiger charge is 2.21. The van der Waals surface area contributed by atoms with Gasteiger partial charge in [-0.3, -0.25) is 9.48 Å². The molecule has 0 radical (unpaired) electrons. The molecule has 2 N–H and O–H groups in total. The summed E-state index contributed by atoms with van der Waals surface area (Å²) in [6.45, 7) is 2.15. The molecule has 134 valence electrons. The number of anilines is 1. The number of carboxylic acids is 1. The summed E-state index contributed by atoms with van der Waals surface area (Å²) in [5.74, 6) is -1.49. The van der Waals surface area contributed by atoms with Gasteiger partial charge in [-0.1, -0.05) is 23.7 Å². The minimum atomic E-state index is -1.13. The van der Waals surface area contributed by atoms with Crippen molar-refractivity contribution in [3.63, 3.8) is 0 Å². The lowest BCUT2D eigenvalue weighted by Crippen LogP contribution is -2.26. The second-order valence-electron chi connectivity index (χ2n) is 5.68. The third-order valence-corrected chi connectivity index (χ3v) is 4.00. The molecule has 26 heavy (non-hydrogen) atoms. The number of nitrogens with one attached hydrogen (secondary N) is 1. The number of carbonyl (C=O) groups excluding carboxylic acids is 1. The molecule has 0 aliphatic heterocycles. The average Bonchev–Trinajstić information content (AvgIpc) is 3.25. The molecule has 0 bridgehead atoms. The van der Waals surface area contributed by atoms with Crippen molar-refractivity contribution in [3.05, 3.63) is 65.2 Å². The quantitative estimate of drug-likeness (QED) is 0.691. The van der Waals surface area contributed by atoms with Crippen molar-refractivity contribution in [2.75, 3.05) is 5.32 Å². The molecular formula is C17H16ClN5O3. The van der Waals surface area contributed by atoms with Gasteiger partial charge in [0.25, 0.3) is 0 Å². The van der Waals surface area contributed by atoms with Gasteiger partial charge in [0.15, 0.2) is 0 Å². The summed E-state index contributed by atoms with van der Waals surface area (Å²) in [6, 6.07) is 7.86. The Labute approximate surface area is 154 Å². The normalized spacial score (nSPS) is 11.9. The van der Waals surface area contributed by atoms with Crippen LogP contribution in [0.5, 0.6) is 0 Å². The summed E-state index contributed by atoms with van der Waals surface area (Å²) in [5.41, 5.74) is 1.56. The molecule has 0 saturated heterocycles. The second-order valence-corrected chi connectivity index (χ2v) is 6.12. The van der Waals surface area contributed by atoms with E-state index in [9.17, 15) is 9.59 Å². The van der Waals surface area contributed by atoms with E-state index in [-0.39, 0.29) is 11.6 Å². The fourth-order valence-corrected chi connectivity index (χ4v) is 2.61. The molecule has 1 aromatic carbocycles. The highest BCUT2D eigenvalue weighted by Crippen LogP contribution is 2.15. The van der Waals surface area contributed by atoms with Gasteiger partial charge in [0.1, 0.15) is 11.7 Å². The summed E-state index contributed by atoms with van der Waals surface area (Å²) in [6.07, 6.45) is 4.64. The molecule has 2 heterocycles. The van der Waals surface area contributed by atoms with Crippen LogP contribution in [0.25, 0.3) is 0 Å². The summed E-state index contributed by atoms with van der Waals surface area (Å²) >= 11 is 5.84. The van der Waals surface area contributed by atoms with Crippen molar-refractivity contribution in [1.29, 1.82) is 0 Å². The van der Waals surface area contributed by atoms with Gasteiger partial charge in [0.05, 0.1) is 17.8 Å². The molecule has 2 aromatic heterocycles. The topological polar surface area (TPSA) is 102 Å². The van der Waals surface area contributed by atoms with Crippen LogP contribution >= 0.6 is 11.6 Å².